The van der Waals surface area contributed by atoms with Crippen molar-refractivity contribution in [3.63, 3.8) is 0 Å². The van der Waals surface area contributed by atoms with Crippen molar-refractivity contribution in [1.29, 1.82) is 0 Å². The monoisotopic (exact) mass is 429 g/mol. The van der Waals surface area contributed by atoms with Gasteiger partial charge in [0.2, 0.25) is 0 Å². The number of rotatable bonds is 6. The first kappa shape index (κ1) is 22.2. The number of hydrogen-bond acceptors (Lipinski definition) is 4. The number of aromatic nitrogens is 1. The van der Waals surface area contributed by atoms with Gasteiger partial charge >= 0.3 is 5.97 Å². The lowest BCUT2D eigenvalue weighted by Crippen LogP contribution is -2.31. The van der Waals surface area contributed by atoms with E-state index in [1.54, 1.807) is 12.1 Å². The Morgan fingerprint density at radius 3 is 2.53 bits per heavy atom. The number of hydrogen-bond donors (Lipinski definition) is 0. The molecule has 1 unspecified atom stereocenters. The zero-order chi connectivity index (χ0) is 22.9. The largest absolute Gasteiger partial charge is 0.454 e. The average molecular weight is 430 g/mol. The second kappa shape index (κ2) is 8.85. The fraction of sp³-hybridized carbons (Fsp3) is 0.393. The van der Waals surface area contributed by atoms with Crippen molar-refractivity contribution in [3.05, 3.63) is 76.5 Å². The number of aryl methyl sites for hydroxylation is 2. The molecule has 4 nitrogen and oxygen atoms in total. The first-order valence-corrected chi connectivity index (χ1v) is 11.5. The molecular formula is C28H31NO3. The molecule has 2 aromatic carbocycles. The summed E-state index contributed by atoms with van der Waals surface area (Å²) in [5.41, 5.74) is 5.19. The second-order valence-electron chi connectivity index (χ2n) is 9.58. The Labute approximate surface area is 190 Å². The molecular weight excluding hydrogens is 398 g/mol. The fourth-order valence-electron chi connectivity index (χ4n) is 4.60. The first-order valence-electron chi connectivity index (χ1n) is 11.5. The van der Waals surface area contributed by atoms with Gasteiger partial charge in [-0.3, -0.25) is 9.78 Å². The van der Waals surface area contributed by atoms with Gasteiger partial charge in [0.25, 0.3) is 0 Å². The van der Waals surface area contributed by atoms with Crippen LogP contribution in [0.15, 0.2) is 48.5 Å². The number of pyridine rings is 1. The number of fused-ring (bicyclic) bond motifs is 2. The summed E-state index contributed by atoms with van der Waals surface area (Å²) in [4.78, 5) is 30.8. The minimum Gasteiger partial charge on any atom is -0.454 e. The molecule has 4 rings (SSSR count). The van der Waals surface area contributed by atoms with Crippen LogP contribution in [0.5, 0.6) is 0 Å². The number of carbonyl (C=O) groups excluding carboxylic acids is 2. The molecule has 1 aliphatic rings. The molecule has 0 aliphatic heterocycles. The van der Waals surface area contributed by atoms with Crippen LogP contribution in [-0.2, 0) is 17.6 Å². The molecule has 1 aromatic heterocycles. The Kier molecular flexibility index (Phi) is 6.14. The number of nitrogens with zero attached hydrogens (tertiary/aromatic N) is 1. The van der Waals surface area contributed by atoms with E-state index in [0.717, 1.165) is 53.4 Å². The predicted octanol–water partition coefficient (Wildman–Crippen LogP) is 6.12. The summed E-state index contributed by atoms with van der Waals surface area (Å²) in [6.45, 7) is 8.53. The minimum atomic E-state index is -0.435. The topological polar surface area (TPSA) is 56.3 Å². The minimum absolute atomic E-state index is 0.186. The molecule has 1 heterocycles. The highest BCUT2D eigenvalue weighted by Crippen LogP contribution is 2.41. The van der Waals surface area contributed by atoms with Crippen LogP contribution in [0.4, 0.5) is 0 Å². The van der Waals surface area contributed by atoms with Crippen LogP contribution >= 0.6 is 0 Å². The zero-order valence-corrected chi connectivity index (χ0v) is 19.4. The van der Waals surface area contributed by atoms with Crippen LogP contribution in [0.25, 0.3) is 10.9 Å². The molecule has 0 radical (unpaired) electrons. The van der Waals surface area contributed by atoms with Crippen LogP contribution in [0.1, 0.15) is 71.1 Å². The lowest BCUT2D eigenvalue weighted by atomic mass is 9.68. The summed E-state index contributed by atoms with van der Waals surface area (Å²) in [5.74, 6) is -0.158. The van der Waals surface area contributed by atoms with Gasteiger partial charge < -0.3 is 4.74 Å². The van der Waals surface area contributed by atoms with Crippen molar-refractivity contribution in [3.8, 4) is 0 Å². The van der Waals surface area contributed by atoms with Crippen molar-refractivity contribution >= 4 is 22.7 Å². The molecule has 166 valence electrons. The van der Waals surface area contributed by atoms with Gasteiger partial charge in [-0.1, -0.05) is 75.2 Å². The molecule has 0 saturated heterocycles. The Morgan fingerprint density at radius 1 is 1.09 bits per heavy atom. The number of ketones is 1. The van der Waals surface area contributed by atoms with Gasteiger partial charge in [-0.05, 0) is 49.1 Å². The summed E-state index contributed by atoms with van der Waals surface area (Å²) in [5, 5.41) is 0.800. The lowest BCUT2D eigenvalue weighted by Gasteiger charge is -2.37. The van der Waals surface area contributed by atoms with Gasteiger partial charge in [-0.15, -0.1) is 0 Å². The molecule has 0 fully saturated rings. The lowest BCUT2D eigenvalue weighted by molar-refractivity contribution is 0.0474. The SMILES string of the molecule is CCC(C)(C)C1CCc2nc3ccccc3c(C(=O)OCC(=O)c3ccc(C)cc3)c2C1. The maximum absolute atomic E-state index is 13.3. The quantitative estimate of drug-likeness (QED) is 0.350. The van der Waals surface area contributed by atoms with E-state index >= 15 is 0 Å². The Bertz CT molecular complexity index is 1160. The second-order valence-corrected chi connectivity index (χ2v) is 9.58. The molecule has 32 heavy (non-hydrogen) atoms. The Balaban J connectivity index is 1.66. The van der Waals surface area contributed by atoms with E-state index in [4.69, 9.17) is 9.72 Å². The molecule has 4 heteroatoms. The van der Waals surface area contributed by atoms with Gasteiger partial charge in [-0.2, -0.15) is 0 Å². The number of carbonyl (C=O) groups is 2. The maximum atomic E-state index is 13.3. The van der Waals surface area contributed by atoms with Gasteiger partial charge in [0.05, 0.1) is 11.1 Å². The van der Waals surface area contributed by atoms with E-state index in [-0.39, 0.29) is 17.8 Å². The van der Waals surface area contributed by atoms with Gasteiger partial charge in [-0.25, -0.2) is 4.79 Å². The molecule has 0 amide bonds. The molecule has 1 atom stereocenters. The van der Waals surface area contributed by atoms with Crippen LogP contribution in [-0.4, -0.2) is 23.3 Å². The maximum Gasteiger partial charge on any atom is 0.339 e. The van der Waals surface area contributed by atoms with Crippen LogP contribution in [0.3, 0.4) is 0 Å². The highest BCUT2D eigenvalue weighted by Gasteiger charge is 2.34. The smallest absolute Gasteiger partial charge is 0.339 e. The van der Waals surface area contributed by atoms with Crippen molar-refractivity contribution in [1.82, 2.24) is 4.98 Å². The van der Waals surface area contributed by atoms with Crippen molar-refractivity contribution < 1.29 is 14.3 Å². The third-order valence-electron chi connectivity index (χ3n) is 7.19. The van der Waals surface area contributed by atoms with Crippen molar-refractivity contribution in [2.45, 2.75) is 53.4 Å². The summed E-state index contributed by atoms with van der Waals surface area (Å²) in [7, 11) is 0. The summed E-state index contributed by atoms with van der Waals surface area (Å²) < 4.78 is 5.58. The van der Waals surface area contributed by atoms with E-state index in [1.165, 1.54) is 0 Å². The van der Waals surface area contributed by atoms with Crippen molar-refractivity contribution in [2.24, 2.45) is 11.3 Å². The van der Waals surface area contributed by atoms with Crippen molar-refractivity contribution in [2.75, 3.05) is 6.61 Å². The number of ether oxygens (including phenoxy) is 1. The fourth-order valence-corrected chi connectivity index (χ4v) is 4.60. The third-order valence-corrected chi connectivity index (χ3v) is 7.19. The standard InChI is InChI=1S/C28H31NO3/c1-5-28(3,4)20-14-15-24-22(16-20)26(21-8-6-7-9-23(21)29-24)27(31)32-17-25(30)19-12-10-18(2)11-13-19/h6-13,20H,5,14-17H2,1-4H3. The summed E-state index contributed by atoms with van der Waals surface area (Å²) in [6.07, 6.45) is 3.82. The van der Waals surface area contributed by atoms with E-state index in [9.17, 15) is 9.59 Å². The first-order chi connectivity index (χ1) is 15.3. The van der Waals surface area contributed by atoms with Crippen LogP contribution in [0, 0.1) is 18.3 Å². The van der Waals surface area contributed by atoms with E-state index in [0.29, 0.717) is 17.0 Å². The zero-order valence-electron chi connectivity index (χ0n) is 19.4. The molecule has 0 N–H and O–H groups in total. The molecule has 0 spiro atoms. The number of para-hydroxylation sites is 1. The van der Waals surface area contributed by atoms with Gasteiger partial charge in [0, 0.05) is 16.6 Å². The Morgan fingerprint density at radius 2 is 1.81 bits per heavy atom. The third kappa shape index (κ3) is 4.32. The van der Waals surface area contributed by atoms with Crippen LogP contribution < -0.4 is 0 Å². The summed E-state index contributed by atoms with van der Waals surface area (Å²) in [6, 6.07) is 15.0. The number of Topliss-reactive ketones (excluding diaryl/α,β-unsaturated/α-hetero) is 1. The Hall–Kier alpha value is -3.01. The number of esters is 1. The van der Waals surface area contributed by atoms with Gasteiger partial charge in [0.1, 0.15) is 0 Å². The molecule has 0 bridgehead atoms. The van der Waals surface area contributed by atoms with Gasteiger partial charge in [0.15, 0.2) is 12.4 Å². The normalized spacial score (nSPS) is 15.9. The molecule has 3 aromatic rings. The van der Waals surface area contributed by atoms with E-state index in [2.05, 4.69) is 20.8 Å². The van der Waals surface area contributed by atoms with E-state index < -0.39 is 5.97 Å². The van der Waals surface area contributed by atoms with E-state index in [1.807, 2.05) is 43.3 Å². The summed E-state index contributed by atoms with van der Waals surface area (Å²) >= 11 is 0. The average Bonchev–Trinajstić information content (AvgIpc) is 2.80. The molecule has 1 aliphatic carbocycles. The highest BCUT2D eigenvalue weighted by molar-refractivity contribution is 6.06. The highest BCUT2D eigenvalue weighted by atomic mass is 16.5. The predicted molar refractivity (Wildman–Crippen MR) is 127 cm³/mol. The molecule has 0 saturated carbocycles. The van der Waals surface area contributed by atoms with Crippen LogP contribution in [0.2, 0.25) is 0 Å². The number of benzene rings is 2.